The minimum atomic E-state index is -3.48. The second-order valence-electron chi connectivity index (χ2n) is 8.67. The van der Waals surface area contributed by atoms with E-state index in [2.05, 4.69) is 43.5 Å². The summed E-state index contributed by atoms with van der Waals surface area (Å²) in [5.41, 5.74) is 2.99. The summed E-state index contributed by atoms with van der Waals surface area (Å²) in [7, 11) is -3.48. The van der Waals surface area contributed by atoms with Gasteiger partial charge >= 0.3 is 0 Å². The van der Waals surface area contributed by atoms with Crippen LogP contribution in [0, 0.1) is 11.8 Å². The van der Waals surface area contributed by atoms with Crippen molar-refractivity contribution in [2.45, 2.75) is 51.3 Å². The average molecular weight is 460 g/mol. The van der Waals surface area contributed by atoms with Crippen LogP contribution < -0.4 is 10.6 Å². The van der Waals surface area contributed by atoms with Crippen LogP contribution in [0.25, 0.3) is 0 Å². The van der Waals surface area contributed by atoms with Gasteiger partial charge in [-0.05, 0) is 85.3 Å². The van der Waals surface area contributed by atoms with Crippen molar-refractivity contribution in [1.82, 2.24) is 4.31 Å². The average Bonchev–Trinajstić information content (AvgIpc) is 2.73. The second kappa shape index (κ2) is 10.6. The second-order valence-corrected chi connectivity index (χ2v) is 11.0. The zero-order chi connectivity index (χ0) is 22.4. The maximum absolute atomic E-state index is 13.0. The molecule has 1 heterocycles. The predicted octanol–water partition coefficient (Wildman–Crippen LogP) is 5.50. The summed E-state index contributed by atoms with van der Waals surface area (Å²) in [5.74, 6) is 0.757. The van der Waals surface area contributed by atoms with Gasteiger partial charge in [0.05, 0.1) is 4.90 Å². The zero-order valence-corrected chi connectivity index (χ0v) is 20.2. The molecule has 1 saturated heterocycles. The molecule has 5 nitrogen and oxygen atoms in total. The number of nitrogens with one attached hydrogen (secondary N) is 2. The molecule has 3 rings (SSSR count). The Morgan fingerprint density at radius 3 is 2.00 bits per heavy atom. The number of aryl methyl sites for hydroxylation is 1. The fourth-order valence-corrected chi connectivity index (χ4v) is 6.01. The van der Waals surface area contributed by atoms with Crippen LogP contribution in [0.2, 0.25) is 0 Å². The number of anilines is 2. The van der Waals surface area contributed by atoms with Crippen molar-refractivity contribution in [3.05, 3.63) is 54.1 Å². The molecule has 0 saturated carbocycles. The Hall–Kier alpha value is -1.96. The van der Waals surface area contributed by atoms with Crippen LogP contribution in [0.1, 0.15) is 45.6 Å². The van der Waals surface area contributed by atoms with Gasteiger partial charge < -0.3 is 10.6 Å². The molecule has 0 unspecified atom stereocenters. The third-order valence-electron chi connectivity index (χ3n) is 5.62. The molecular weight excluding hydrogens is 426 g/mol. The third kappa shape index (κ3) is 6.51. The van der Waals surface area contributed by atoms with E-state index >= 15 is 0 Å². The molecule has 1 fully saturated rings. The van der Waals surface area contributed by atoms with Crippen molar-refractivity contribution in [3.8, 4) is 0 Å². The van der Waals surface area contributed by atoms with Crippen molar-refractivity contribution in [2.24, 2.45) is 11.8 Å². The third-order valence-corrected chi connectivity index (χ3v) is 7.67. The Morgan fingerprint density at radius 1 is 0.968 bits per heavy atom. The van der Waals surface area contributed by atoms with E-state index < -0.39 is 10.0 Å². The summed E-state index contributed by atoms with van der Waals surface area (Å²) in [6.45, 7) is 7.57. The first kappa shape index (κ1) is 23.7. The molecule has 0 spiro atoms. The summed E-state index contributed by atoms with van der Waals surface area (Å²) in [6, 6.07) is 15.1. The molecule has 1 aliphatic heterocycles. The molecule has 0 amide bonds. The fraction of sp³-hybridized carbons (Fsp3) is 0.458. The number of hydrogen-bond acceptors (Lipinski definition) is 3. The van der Waals surface area contributed by atoms with Crippen LogP contribution in [0.15, 0.2) is 53.4 Å². The molecule has 31 heavy (non-hydrogen) atoms. The molecule has 2 atom stereocenters. The maximum atomic E-state index is 13.0. The van der Waals surface area contributed by atoms with Crippen LogP contribution in [0.3, 0.4) is 0 Å². The minimum Gasteiger partial charge on any atom is -0.332 e. The summed E-state index contributed by atoms with van der Waals surface area (Å²) < 4.78 is 27.6. The Kier molecular flexibility index (Phi) is 8.08. The zero-order valence-electron chi connectivity index (χ0n) is 18.6. The van der Waals surface area contributed by atoms with Gasteiger partial charge in [0.2, 0.25) is 10.0 Å². The molecule has 2 aromatic carbocycles. The summed E-state index contributed by atoms with van der Waals surface area (Å²) in [5, 5.41) is 6.77. The SMILES string of the molecule is CCCCc1ccc(NC(=S)Nc2ccc(S(=O)(=O)N3C[C@H](C)C[C@@H](C)C3)cc2)cc1. The van der Waals surface area contributed by atoms with Crippen LogP contribution in [-0.4, -0.2) is 30.9 Å². The van der Waals surface area contributed by atoms with Crippen LogP contribution in [0.5, 0.6) is 0 Å². The lowest BCUT2D eigenvalue weighted by atomic mass is 9.94. The lowest BCUT2D eigenvalue weighted by Crippen LogP contribution is -2.42. The lowest BCUT2D eigenvalue weighted by molar-refractivity contribution is 0.222. The van der Waals surface area contributed by atoms with Gasteiger partial charge in [-0.2, -0.15) is 4.31 Å². The molecule has 7 heteroatoms. The lowest BCUT2D eigenvalue weighted by Gasteiger charge is -2.34. The number of thiocarbonyl (C=S) groups is 1. The van der Waals surface area contributed by atoms with Gasteiger partial charge in [-0.3, -0.25) is 0 Å². The topological polar surface area (TPSA) is 61.4 Å². The van der Waals surface area contributed by atoms with E-state index in [4.69, 9.17) is 12.2 Å². The predicted molar refractivity (Wildman–Crippen MR) is 133 cm³/mol. The van der Waals surface area contributed by atoms with Crippen molar-refractivity contribution in [2.75, 3.05) is 23.7 Å². The van der Waals surface area contributed by atoms with Gasteiger partial charge in [0, 0.05) is 24.5 Å². The Morgan fingerprint density at radius 2 is 1.48 bits per heavy atom. The highest BCUT2D eigenvalue weighted by molar-refractivity contribution is 7.89. The maximum Gasteiger partial charge on any atom is 0.243 e. The van der Waals surface area contributed by atoms with E-state index in [-0.39, 0.29) is 0 Å². The molecule has 1 aliphatic rings. The highest BCUT2D eigenvalue weighted by Crippen LogP contribution is 2.27. The van der Waals surface area contributed by atoms with Gasteiger partial charge in [-0.15, -0.1) is 0 Å². The summed E-state index contributed by atoms with van der Waals surface area (Å²) >= 11 is 5.41. The number of piperidine rings is 1. The standard InChI is InChI=1S/C24H33N3O2S2/c1-4-5-6-20-7-9-21(10-8-20)25-24(30)26-22-11-13-23(14-12-22)31(28,29)27-16-18(2)15-19(3)17-27/h7-14,18-19H,4-6,15-17H2,1-3H3,(H2,25,26,30)/t18-,19-/m1/s1. The van der Waals surface area contributed by atoms with Crippen LogP contribution in [0.4, 0.5) is 11.4 Å². The molecule has 0 bridgehead atoms. The quantitative estimate of drug-likeness (QED) is 0.535. The summed E-state index contributed by atoms with van der Waals surface area (Å²) in [4.78, 5) is 0.320. The normalized spacial score (nSPS) is 19.7. The Labute approximate surface area is 192 Å². The number of benzene rings is 2. The first-order chi connectivity index (χ1) is 14.8. The van der Waals surface area contributed by atoms with Crippen molar-refractivity contribution >= 4 is 38.7 Å². The highest BCUT2D eigenvalue weighted by Gasteiger charge is 2.31. The molecule has 0 aliphatic carbocycles. The highest BCUT2D eigenvalue weighted by atomic mass is 32.2. The molecule has 168 valence electrons. The fourth-order valence-electron chi connectivity index (χ4n) is 4.09. The van der Waals surface area contributed by atoms with Crippen molar-refractivity contribution in [3.63, 3.8) is 0 Å². The van der Waals surface area contributed by atoms with E-state index in [9.17, 15) is 8.42 Å². The van der Waals surface area contributed by atoms with E-state index in [0.717, 1.165) is 24.2 Å². The molecule has 0 radical (unpaired) electrons. The smallest absolute Gasteiger partial charge is 0.243 e. The first-order valence-corrected chi connectivity index (χ1v) is 12.9. The van der Waals surface area contributed by atoms with Gasteiger partial charge in [0.25, 0.3) is 0 Å². The summed E-state index contributed by atoms with van der Waals surface area (Å²) in [6.07, 6.45) is 4.53. The van der Waals surface area contributed by atoms with Gasteiger partial charge in [0.1, 0.15) is 0 Å². The number of unbranched alkanes of at least 4 members (excludes halogenated alkanes) is 1. The van der Waals surface area contributed by atoms with E-state index in [0.29, 0.717) is 34.9 Å². The van der Waals surface area contributed by atoms with Gasteiger partial charge in [-0.25, -0.2) is 8.42 Å². The van der Waals surface area contributed by atoms with Crippen molar-refractivity contribution < 1.29 is 8.42 Å². The largest absolute Gasteiger partial charge is 0.332 e. The molecule has 0 aromatic heterocycles. The number of nitrogens with zero attached hydrogens (tertiary/aromatic N) is 1. The van der Waals surface area contributed by atoms with Crippen molar-refractivity contribution in [1.29, 1.82) is 0 Å². The minimum absolute atomic E-state index is 0.320. The van der Waals surface area contributed by atoms with Crippen LogP contribution >= 0.6 is 12.2 Å². The van der Waals surface area contributed by atoms with E-state index in [1.165, 1.54) is 18.4 Å². The molecular formula is C24H33N3O2S2. The Bertz CT molecular complexity index is 963. The number of hydrogen-bond donors (Lipinski definition) is 2. The van der Waals surface area contributed by atoms with Gasteiger partial charge in [0.15, 0.2) is 5.11 Å². The van der Waals surface area contributed by atoms with E-state index in [1.807, 2.05) is 12.1 Å². The molecule has 2 aromatic rings. The number of sulfonamides is 1. The monoisotopic (exact) mass is 459 g/mol. The number of rotatable bonds is 7. The van der Waals surface area contributed by atoms with Gasteiger partial charge in [-0.1, -0.05) is 39.3 Å². The van der Waals surface area contributed by atoms with E-state index in [1.54, 1.807) is 28.6 Å². The first-order valence-electron chi connectivity index (χ1n) is 11.0. The Balaban J connectivity index is 1.59. The molecule has 2 N–H and O–H groups in total. The van der Waals surface area contributed by atoms with Crippen LogP contribution in [-0.2, 0) is 16.4 Å².